The fourth-order valence-electron chi connectivity index (χ4n) is 3.71. The van der Waals surface area contributed by atoms with Gasteiger partial charge in [-0.3, -0.25) is 14.5 Å². The molecule has 0 aliphatic carbocycles. The maximum absolute atomic E-state index is 12.6. The van der Waals surface area contributed by atoms with Crippen LogP contribution in [0.15, 0.2) is 48.5 Å². The Morgan fingerprint density at radius 1 is 1.13 bits per heavy atom. The van der Waals surface area contributed by atoms with Crippen molar-refractivity contribution < 1.29 is 19.4 Å². The number of para-hydroxylation sites is 3. The molecule has 0 aromatic heterocycles. The Hall–Kier alpha value is -3.06. The molecule has 1 atom stereocenters. The van der Waals surface area contributed by atoms with Crippen LogP contribution in [0.25, 0.3) is 0 Å². The number of rotatable bonds is 7. The third kappa shape index (κ3) is 5.30. The molecule has 1 fully saturated rings. The van der Waals surface area contributed by atoms with E-state index in [-0.39, 0.29) is 29.5 Å². The lowest BCUT2D eigenvalue weighted by Crippen LogP contribution is -2.49. The number of phenolic OH excluding ortho intramolecular Hbond substituents is 1. The van der Waals surface area contributed by atoms with Crippen LogP contribution in [-0.2, 0) is 16.1 Å². The number of hydrogen-bond donors (Lipinski definition) is 3. The van der Waals surface area contributed by atoms with Crippen LogP contribution in [0.3, 0.4) is 0 Å². The van der Waals surface area contributed by atoms with Crippen LogP contribution < -0.4 is 15.4 Å². The number of carbonyl (C=O) groups is 2. The Morgan fingerprint density at radius 2 is 1.80 bits per heavy atom. The monoisotopic (exact) mass is 411 g/mol. The fourth-order valence-corrected chi connectivity index (χ4v) is 3.71. The number of benzene rings is 2. The molecular weight excluding hydrogens is 382 g/mol. The van der Waals surface area contributed by atoms with E-state index in [1.165, 1.54) is 0 Å². The molecule has 3 rings (SSSR count). The summed E-state index contributed by atoms with van der Waals surface area (Å²) < 4.78 is 5.32. The third-order valence-electron chi connectivity index (χ3n) is 5.64. The molecule has 7 nitrogen and oxygen atoms in total. The third-order valence-corrected chi connectivity index (χ3v) is 5.64. The largest absolute Gasteiger partial charge is 0.506 e. The molecule has 1 saturated heterocycles. The highest BCUT2D eigenvalue weighted by atomic mass is 16.5. The van der Waals surface area contributed by atoms with Crippen LogP contribution in [-0.4, -0.2) is 48.1 Å². The van der Waals surface area contributed by atoms with Crippen LogP contribution >= 0.6 is 0 Å². The smallest absolute Gasteiger partial charge is 0.237 e. The number of phenols is 1. The number of nitrogens with one attached hydrogen (secondary N) is 2. The van der Waals surface area contributed by atoms with Crippen LogP contribution in [0.5, 0.6) is 11.5 Å². The summed E-state index contributed by atoms with van der Waals surface area (Å²) in [7, 11) is 1.61. The van der Waals surface area contributed by atoms with Crippen molar-refractivity contribution in [2.24, 2.45) is 5.92 Å². The Balaban J connectivity index is 1.47. The SMILES string of the molecule is COc1ccccc1CNC(=O)[C@@H](C)N1CCC(C(=O)Nc2ccccc2O)CC1. The van der Waals surface area contributed by atoms with Crippen LogP contribution in [0, 0.1) is 5.92 Å². The first-order valence-electron chi connectivity index (χ1n) is 10.2. The topological polar surface area (TPSA) is 90.9 Å². The Kier molecular flexibility index (Phi) is 7.30. The van der Waals surface area contributed by atoms with Crippen molar-refractivity contribution in [1.82, 2.24) is 10.2 Å². The zero-order valence-corrected chi connectivity index (χ0v) is 17.4. The number of aromatic hydroxyl groups is 1. The van der Waals surface area contributed by atoms with Crippen molar-refractivity contribution in [3.05, 3.63) is 54.1 Å². The van der Waals surface area contributed by atoms with E-state index in [9.17, 15) is 14.7 Å². The maximum atomic E-state index is 12.6. The first kappa shape index (κ1) is 21.6. The molecule has 0 radical (unpaired) electrons. The van der Waals surface area contributed by atoms with Gasteiger partial charge in [0.15, 0.2) is 0 Å². The quantitative estimate of drug-likeness (QED) is 0.610. The molecule has 0 saturated carbocycles. The van der Waals surface area contributed by atoms with Gasteiger partial charge in [0.25, 0.3) is 0 Å². The number of amides is 2. The predicted octanol–water partition coefficient (Wildman–Crippen LogP) is 2.76. The molecular formula is C23H29N3O4. The summed E-state index contributed by atoms with van der Waals surface area (Å²) in [6.45, 7) is 3.64. The predicted molar refractivity (Wildman–Crippen MR) is 115 cm³/mol. The van der Waals surface area contributed by atoms with E-state index in [4.69, 9.17) is 4.74 Å². The maximum Gasteiger partial charge on any atom is 0.237 e. The van der Waals surface area contributed by atoms with Crippen molar-refractivity contribution in [1.29, 1.82) is 0 Å². The normalized spacial score (nSPS) is 15.9. The number of anilines is 1. The van der Waals surface area contributed by atoms with Gasteiger partial charge in [0, 0.05) is 18.0 Å². The van der Waals surface area contributed by atoms with E-state index in [0.29, 0.717) is 38.2 Å². The van der Waals surface area contributed by atoms with E-state index in [2.05, 4.69) is 15.5 Å². The van der Waals surface area contributed by atoms with E-state index < -0.39 is 0 Å². The average Bonchev–Trinajstić information content (AvgIpc) is 2.78. The minimum Gasteiger partial charge on any atom is -0.506 e. The molecule has 0 unspecified atom stereocenters. The lowest BCUT2D eigenvalue weighted by Gasteiger charge is -2.34. The summed E-state index contributed by atoms with van der Waals surface area (Å²) in [5.41, 5.74) is 1.36. The number of piperidine rings is 1. The zero-order valence-electron chi connectivity index (χ0n) is 17.4. The summed E-state index contributed by atoms with van der Waals surface area (Å²) in [4.78, 5) is 27.2. The summed E-state index contributed by atoms with van der Waals surface area (Å²) in [6.07, 6.45) is 1.34. The molecule has 2 amide bonds. The number of likely N-dealkylation sites (tertiary alicyclic amines) is 1. The van der Waals surface area contributed by atoms with Gasteiger partial charge in [-0.2, -0.15) is 0 Å². The van der Waals surface area contributed by atoms with Crippen molar-refractivity contribution in [3.63, 3.8) is 0 Å². The van der Waals surface area contributed by atoms with E-state index in [0.717, 1.165) is 11.3 Å². The van der Waals surface area contributed by atoms with Crippen LogP contribution in [0.1, 0.15) is 25.3 Å². The fraction of sp³-hybridized carbons (Fsp3) is 0.391. The minimum atomic E-state index is -0.276. The Morgan fingerprint density at radius 3 is 2.50 bits per heavy atom. The molecule has 160 valence electrons. The average molecular weight is 412 g/mol. The van der Waals surface area contributed by atoms with E-state index >= 15 is 0 Å². The standard InChI is InChI=1S/C23H29N3O4/c1-16(22(28)24-15-18-7-3-6-10-21(18)30-2)26-13-11-17(12-14-26)23(29)25-19-8-4-5-9-20(19)27/h3-10,16-17,27H,11-15H2,1-2H3,(H,24,28)(H,25,29)/t16-/m1/s1. The van der Waals surface area contributed by atoms with Crippen molar-refractivity contribution >= 4 is 17.5 Å². The minimum absolute atomic E-state index is 0.0435. The van der Waals surface area contributed by atoms with Gasteiger partial charge in [-0.05, 0) is 51.1 Å². The number of methoxy groups -OCH3 is 1. The highest BCUT2D eigenvalue weighted by Gasteiger charge is 2.30. The van der Waals surface area contributed by atoms with Crippen molar-refractivity contribution in [3.8, 4) is 11.5 Å². The van der Waals surface area contributed by atoms with Crippen molar-refractivity contribution in [2.45, 2.75) is 32.4 Å². The van der Waals surface area contributed by atoms with Gasteiger partial charge >= 0.3 is 0 Å². The molecule has 3 N–H and O–H groups in total. The summed E-state index contributed by atoms with van der Waals surface area (Å²) in [5.74, 6) is 0.539. The summed E-state index contributed by atoms with van der Waals surface area (Å²) >= 11 is 0. The van der Waals surface area contributed by atoms with Crippen molar-refractivity contribution in [2.75, 3.05) is 25.5 Å². The summed E-state index contributed by atoms with van der Waals surface area (Å²) in [5, 5.41) is 15.6. The van der Waals surface area contributed by atoms with Gasteiger partial charge in [-0.15, -0.1) is 0 Å². The van der Waals surface area contributed by atoms with Gasteiger partial charge in [-0.25, -0.2) is 0 Å². The Bertz CT molecular complexity index is 878. The molecule has 1 heterocycles. The molecule has 1 aliphatic heterocycles. The van der Waals surface area contributed by atoms with E-state index in [1.54, 1.807) is 31.4 Å². The van der Waals surface area contributed by atoms with Crippen LogP contribution in [0.4, 0.5) is 5.69 Å². The Labute approximate surface area is 177 Å². The molecule has 7 heteroatoms. The van der Waals surface area contributed by atoms with Gasteiger partial charge < -0.3 is 20.5 Å². The highest BCUT2D eigenvalue weighted by molar-refractivity contribution is 5.94. The molecule has 30 heavy (non-hydrogen) atoms. The zero-order chi connectivity index (χ0) is 21.5. The first-order chi connectivity index (χ1) is 14.5. The number of ether oxygens (including phenoxy) is 1. The molecule has 0 spiro atoms. The van der Waals surface area contributed by atoms with Gasteiger partial charge in [0.2, 0.25) is 11.8 Å². The molecule has 1 aliphatic rings. The molecule has 2 aromatic carbocycles. The van der Waals surface area contributed by atoms with Gasteiger partial charge in [-0.1, -0.05) is 30.3 Å². The molecule has 0 bridgehead atoms. The second kappa shape index (κ2) is 10.1. The second-order valence-electron chi connectivity index (χ2n) is 7.52. The van der Waals surface area contributed by atoms with Gasteiger partial charge in [0.05, 0.1) is 18.8 Å². The second-order valence-corrected chi connectivity index (χ2v) is 7.52. The highest BCUT2D eigenvalue weighted by Crippen LogP contribution is 2.25. The van der Waals surface area contributed by atoms with Gasteiger partial charge in [0.1, 0.15) is 11.5 Å². The molecule has 2 aromatic rings. The van der Waals surface area contributed by atoms with E-state index in [1.807, 2.05) is 31.2 Å². The van der Waals surface area contributed by atoms with Crippen LogP contribution in [0.2, 0.25) is 0 Å². The first-order valence-corrected chi connectivity index (χ1v) is 10.2. The lowest BCUT2D eigenvalue weighted by molar-refractivity contribution is -0.127. The lowest BCUT2D eigenvalue weighted by atomic mass is 9.94. The number of nitrogens with zero attached hydrogens (tertiary/aromatic N) is 1. The summed E-state index contributed by atoms with van der Waals surface area (Å²) in [6, 6.07) is 14.0. The number of carbonyl (C=O) groups excluding carboxylic acids is 2. The number of hydrogen-bond acceptors (Lipinski definition) is 5.